The molecule has 0 fully saturated rings. The highest BCUT2D eigenvalue weighted by molar-refractivity contribution is 7.82. The van der Waals surface area contributed by atoms with Crippen molar-refractivity contribution in [1.29, 1.82) is 0 Å². The Bertz CT molecular complexity index is 5100. The van der Waals surface area contributed by atoms with Gasteiger partial charge in [0.05, 0.1) is 16.7 Å². The first-order chi connectivity index (χ1) is 48.3. The maximum absolute atomic E-state index is 18.4. The van der Waals surface area contributed by atoms with Crippen LogP contribution in [0.15, 0.2) is 303 Å². The molecule has 18 nitrogen and oxygen atoms in total. The van der Waals surface area contributed by atoms with Gasteiger partial charge in [-0.25, -0.2) is 29.3 Å². The van der Waals surface area contributed by atoms with E-state index in [0.29, 0.717) is 80.0 Å². The molecule has 98 heavy (non-hydrogen) atoms. The standard InChI is InChI=1S/C78H55N16O2P2/c95-97(91(75-83-67(53-29-9-1-10-30-53)79-68(84-75)54-31-11-2-12-32-54)63-45-25-26-46-64(63)92(97)76-85-69(55-33-13-3-14-34-55)80-70(86-76)56-35-15-4-16-36-56)61-49-51-62(52-50-61)98(96)93(77-87-71(57-37-17-5-18-38-57)81-72(88-77)58-39-19-6-20-40-58)65-47-27-28-48-66(65)94(98)78-89-73(59-41-21-7-22-42-59)82-74(90-78)60-43-23-8-24-44-60/h1-7,9-23,25-52,95H,8,24H2/q+1. The molecule has 2 aliphatic heterocycles. The Morgan fingerprint density at radius 1 is 0.296 bits per heavy atom. The maximum atomic E-state index is 18.4. The van der Waals surface area contributed by atoms with Crippen LogP contribution < -0.4 is 29.3 Å². The van der Waals surface area contributed by atoms with Crippen molar-refractivity contribution < 1.29 is 9.46 Å². The summed E-state index contributed by atoms with van der Waals surface area (Å²) in [6.45, 7) is 0. The molecule has 0 radical (unpaired) electrons. The summed E-state index contributed by atoms with van der Waals surface area (Å²) in [5, 5.41) is 0.685. The van der Waals surface area contributed by atoms with E-state index >= 15 is 9.46 Å². The van der Waals surface area contributed by atoms with E-state index in [1.165, 1.54) is 0 Å². The summed E-state index contributed by atoms with van der Waals surface area (Å²) >= 11 is 0. The van der Waals surface area contributed by atoms with Crippen LogP contribution >= 0.6 is 15.2 Å². The SMILES string of the molecule is O=P1(c2ccc([P+]3(O)N(c4nc(-c5ccccc5)nc(-c5ccccc5)n4)c4ccccc4N3c3nc(-c4ccccc4)nc(-c4ccccc4)n3)cc2)N(c2nc(C3=CCCC=C3)nc(-c3ccccc3)n2)c2ccccc2N1c1nc(-c2ccccc2)nc(-c2ccccc2)n1. The van der Waals surface area contributed by atoms with Crippen molar-refractivity contribution in [3.8, 4) is 79.7 Å². The third-order valence-corrected chi connectivity index (χ3v) is 22.8. The van der Waals surface area contributed by atoms with Crippen molar-refractivity contribution in [2.75, 3.05) is 18.7 Å². The zero-order chi connectivity index (χ0) is 65.6. The lowest BCUT2D eigenvalue weighted by Gasteiger charge is -2.32. The maximum Gasteiger partial charge on any atom is 0.382 e. The molecular formula is C78H55N16O2P2+. The summed E-state index contributed by atoms with van der Waals surface area (Å²) < 4.78 is 25.4. The molecule has 14 aromatic rings. The van der Waals surface area contributed by atoms with E-state index in [1.807, 2.05) is 279 Å². The minimum atomic E-state index is -4.54. The zero-order valence-corrected chi connectivity index (χ0v) is 54.0. The van der Waals surface area contributed by atoms with Crippen LogP contribution in [-0.4, -0.2) is 64.7 Å². The van der Waals surface area contributed by atoms with Crippen LogP contribution in [0.25, 0.3) is 85.3 Å². The fraction of sp³-hybridized carbons (Fsp3) is 0.0256. The Hall–Kier alpha value is -12.5. The Morgan fingerprint density at radius 2 is 0.571 bits per heavy atom. The molecular weight excluding hydrogens is 1250 g/mol. The number of allylic oxidation sites excluding steroid dienone is 4. The first kappa shape index (κ1) is 59.3. The normalized spacial score (nSPS) is 15.2. The third-order valence-electron chi connectivity index (χ3n) is 17.0. The van der Waals surface area contributed by atoms with E-state index in [2.05, 4.69) is 12.2 Å². The van der Waals surface area contributed by atoms with Gasteiger partial charge in [0, 0.05) is 44.5 Å². The van der Waals surface area contributed by atoms with Crippen LogP contribution in [0.4, 0.5) is 46.5 Å². The number of anilines is 8. The molecule has 20 heteroatoms. The molecule has 0 saturated heterocycles. The molecule has 1 N–H and O–H groups in total. The molecule has 0 bridgehead atoms. The summed E-state index contributed by atoms with van der Waals surface area (Å²) in [7, 11) is -8.86. The van der Waals surface area contributed by atoms with Crippen LogP contribution in [0.1, 0.15) is 18.7 Å². The van der Waals surface area contributed by atoms with E-state index in [4.69, 9.17) is 59.8 Å². The lowest BCUT2D eigenvalue weighted by atomic mass is 10.1. The fourth-order valence-corrected chi connectivity index (χ4v) is 18.0. The van der Waals surface area contributed by atoms with Crippen LogP contribution in [0.3, 0.4) is 0 Å². The number of aromatic nitrogens is 12. The van der Waals surface area contributed by atoms with Crippen molar-refractivity contribution in [2.24, 2.45) is 0 Å². The highest BCUT2D eigenvalue weighted by Crippen LogP contribution is 2.75. The molecule has 0 saturated carbocycles. The van der Waals surface area contributed by atoms with Crippen LogP contribution in [-0.2, 0) is 4.57 Å². The van der Waals surface area contributed by atoms with E-state index in [9.17, 15) is 0 Å². The summed E-state index contributed by atoms with van der Waals surface area (Å²) in [6, 6.07) is 90.3. The summed E-state index contributed by atoms with van der Waals surface area (Å²) in [5.74, 6) is 3.51. The average Bonchev–Trinajstić information content (AvgIpc) is 1.54. The topological polar surface area (TPSA) is 205 Å². The highest BCUT2D eigenvalue weighted by atomic mass is 31.2. The van der Waals surface area contributed by atoms with Gasteiger partial charge < -0.3 is 0 Å². The van der Waals surface area contributed by atoms with E-state index in [1.54, 1.807) is 30.8 Å². The lowest BCUT2D eigenvalue weighted by molar-refractivity contribution is 0.581. The molecule has 6 heterocycles. The largest absolute Gasteiger partial charge is 0.382 e. The number of nitrogens with zero attached hydrogens (tertiary/aromatic N) is 16. The molecule has 0 amide bonds. The van der Waals surface area contributed by atoms with Crippen molar-refractivity contribution in [2.45, 2.75) is 12.8 Å². The van der Waals surface area contributed by atoms with Gasteiger partial charge >= 0.3 is 15.2 Å². The van der Waals surface area contributed by atoms with Gasteiger partial charge in [-0.2, -0.15) is 44.8 Å². The summed E-state index contributed by atoms with van der Waals surface area (Å²) in [5.41, 5.74) is 8.04. The smallest absolute Gasteiger partial charge is 0.269 e. The summed E-state index contributed by atoms with van der Waals surface area (Å²) in [4.78, 5) is 77.9. The first-order valence-electron chi connectivity index (χ1n) is 31.9. The second-order valence-corrected chi connectivity index (χ2v) is 28.0. The van der Waals surface area contributed by atoms with Crippen LogP contribution in [0, 0.1) is 0 Å². The van der Waals surface area contributed by atoms with Crippen LogP contribution in [0.2, 0.25) is 0 Å². The number of hydrogen-bond acceptors (Lipinski definition) is 16. The quantitative estimate of drug-likeness (QED) is 0.101. The molecule has 10 aromatic carbocycles. The number of fused-ring (bicyclic) bond motifs is 2. The number of rotatable bonds is 14. The van der Waals surface area contributed by atoms with Crippen molar-refractivity contribution >= 4 is 78.0 Å². The minimum Gasteiger partial charge on any atom is -0.269 e. The Kier molecular flexibility index (Phi) is 15.1. The number of benzene rings is 10. The molecule has 17 rings (SSSR count). The van der Waals surface area contributed by atoms with E-state index < -0.39 is 15.2 Å². The van der Waals surface area contributed by atoms with Gasteiger partial charge in [0.25, 0.3) is 11.9 Å². The number of para-hydroxylation sites is 4. The van der Waals surface area contributed by atoms with Gasteiger partial charge in [0.1, 0.15) is 11.4 Å². The van der Waals surface area contributed by atoms with Gasteiger partial charge in [-0.1, -0.05) is 255 Å². The van der Waals surface area contributed by atoms with Crippen molar-refractivity contribution in [3.05, 3.63) is 309 Å². The monoisotopic (exact) mass is 1310 g/mol. The van der Waals surface area contributed by atoms with Gasteiger partial charge in [0.2, 0.25) is 11.9 Å². The summed E-state index contributed by atoms with van der Waals surface area (Å²) in [6.07, 6.45) is 7.89. The Labute approximate surface area is 564 Å². The molecule has 1 aliphatic carbocycles. The first-order valence-corrected chi connectivity index (χ1v) is 35.1. The minimum absolute atomic E-state index is 0.0989. The molecule has 4 aromatic heterocycles. The molecule has 468 valence electrons. The number of hydrogen-bond donors (Lipinski definition) is 1. The predicted molar refractivity (Wildman–Crippen MR) is 388 cm³/mol. The van der Waals surface area contributed by atoms with E-state index in [0.717, 1.165) is 57.4 Å². The Morgan fingerprint density at radius 3 is 0.878 bits per heavy atom. The predicted octanol–water partition coefficient (Wildman–Crippen LogP) is 17.0. The van der Waals surface area contributed by atoms with Gasteiger partial charge in [-0.05, 0) is 61.4 Å². The van der Waals surface area contributed by atoms with Gasteiger partial charge in [0.15, 0.2) is 51.9 Å². The van der Waals surface area contributed by atoms with Gasteiger partial charge in [-0.15, -0.1) is 9.34 Å². The zero-order valence-electron chi connectivity index (χ0n) is 52.2. The van der Waals surface area contributed by atoms with Crippen LogP contribution in [0.5, 0.6) is 0 Å². The second-order valence-electron chi connectivity index (χ2n) is 23.2. The molecule has 1 unspecified atom stereocenters. The Balaban J connectivity index is 0.924. The third kappa shape index (κ3) is 10.6. The lowest BCUT2D eigenvalue weighted by Crippen LogP contribution is -2.35. The molecule has 3 aliphatic rings. The molecule has 1 atom stereocenters. The van der Waals surface area contributed by atoms with E-state index in [-0.39, 0.29) is 23.8 Å². The van der Waals surface area contributed by atoms with Crippen molar-refractivity contribution in [3.63, 3.8) is 0 Å². The fourth-order valence-electron chi connectivity index (χ4n) is 12.4. The van der Waals surface area contributed by atoms with Crippen molar-refractivity contribution in [1.82, 2.24) is 59.8 Å². The second kappa shape index (κ2) is 25.0. The average molecular weight is 1310 g/mol. The highest BCUT2D eigenvalue weighted by Gasteiger charge is 2.64. The molecule has 0 spiro atoms. The van der Waals surface area contributed by atoms with Gasteiger partial charge in [-0.3, -0.25) is 4.57 Å².